The lowest BCUT2D eigenvalue weighted by molar-refractivity contribution is -0.140. The van der Waals surface area contributed by atoms with E-state index in [2.05, 4.69) is 10.6 Å². The molecule has 0 spiro atoms. The number of hydrogen-bond donors (Lipinski definition) is 2. The Morgan fingerprint density at radius 3 is 2.88 bits per heavy atom. The molecule has 0 aliphatic carbocycles. The first-order valence-electron chi connectivity index (χ1n) is 6.49. The second-order valence-electron chi connectivity index (χ2n) is 4.90. The molecule has 0 radical (unpaired) electrons. The Hall–Kier alpha value is -1.10. The van der Waals surface area contributed by atoms with Gasteiger partial charge in [0.25, 0.3) is 0 Å². The van der Waals surface area contributed by atoms with Crippen molar-refractivity contribution in [1.82, 2.24) is 15.5 Å². The van der Waals surface area contributed by atoms with Gasteiger partial charge in [0.05, 0.1) is 12.1 Å². The maximum atomic E-state index is 12.5. The Balaban J connectivity index is 2.09. The van der Waals surface area contributed by atoms with Crippen LogP contribution < -0.4 is 10.6 Å². The molecule has 0 bridgehead atoms. The predicted octanol–water partition coefficient (Wildman–Crippen LogP) is -0.133. The van der Waals surface area contributed by atoms with Crippen LogP contribution in [0.4, 0.5) is 0 Å². The van der Waals surface area contributed by atoms with Crippen molar-refractivity contribution in [1.29, 1.82) is 0 Å². The van der Waals surface area contributed by atoms with E-state index in [1.807, 2.05) is 6.92 Å². The van der Waals surface area contributed by atoms with Gasteiger partial charge >= 0.3 is 0 Å². The maximum absolute atomic E-state index is 12.5. The highest BCUT2D eigenvalue weighted by Crippen LogP contribution is 2.25. The van der Waals surface area contributed by atoms with Gasteiger partial charge in [0, 0.05) is 13.1 Å². The third-order valence-electron chi connectivity index (χ3n) is 3.81. The lowest BCUT2D eigenvalue weighted by Crippen LogP contribution is -2.55. The summed E-state index contributed by atoms with van der Waals surface area (Å²) in [5.41, 5.74) is -0.412. The third-order valence-corrected chi connectivity index (χ3v) is 3.81. The van der Waals surface area contributed by atoms with Crippen molar-refractivity contribution in [2.75, 3.05) is 26.2 Å². The van der Waals surface area contributed by atoms with E-state index >= 15 is 0 Å². The zero-order valence-corrected chi connectivity index (χ0v) is 10.4. The highest BCUT2D eigenvalue weighted by Gasteiger charge is 2.42. The largest absolute Gasteiger partial charge is 0.354 e. The molecule has 1 unspecified atom stereocenters. The van der Waals surface area contributed by atoms with E-state index in [-0.39, 0.29) is 18.4 Å². The first-order chi connectivity index (χ1) is 8.18. The highest BCUT2D eigenvalue weighted by molar-refractivity contribution is 5.90. The van der Waals surface area contributed by atoms with Crippen molar-refractivity contribution in [3.63, 3.8) is 0 Å². The molecular weight excluding hydrogens is 218 g/mol. The van der Waals surface area contributed by atoms with Crippen LogP contribution in [0.15, 0.2) is 0 Å². The minimum Gasteiger partial charge on any atom is -0.354 e. The first-order valence-corrected chi connectivity index (χ1v) is 6.49. The number of hydrogen-bond acceptors (Lipinski definition) is 3. The second kappa shape index (κ2) is 5.04. The van der Waals surface area contributed by atoms with Gasteiger partial charge in [-0.25, -0.2) is 0 Å². The molecule has 2 fully saturated rings. The van der Waals surface area contributed by atoms with Crippen LogP contribution in [0.2, 0.25) is 0 Å². The number of nitrogens with one attached hydrogen (secondary N) is 2. The molecule has 0 aromatic heterocycles. The van der Waals surface area contributed by atoms with Crippen molar-refractivity contribution < 1.29 is 9.59 Å². The Labute approximate surface area is 102 Å². The summed E-state index contributed by atoms with van der Waals surface area (Å²) in [4.78, 5) is 25.7. The van der Waals surface area contributed by atoms with Gasteiger partial charge in [-0.2, -0.15) is 0 Å². The number of amides is 2. The molecule has 5 heteroatoms. The molecule has 5 nitrogen and oxygen atoms in total. The molecule has 1 atom stereocenters. The van der Waals surface area contributed by atoms with Gasteiger partial charge in [0.1, 0.15) is 0 Å². The quantitative estimate of drug-likeness (QED) is 0.705. The molecule has 2 aliphatic heterocycles. The number of carbonyl (C=O) groups excluding carboxylic acids is 2. The summed E-state index contributed by atoms with van der Waals surface area (Å²) in [5, 5.41) is 6.13. The fourth-order valence-electron chi connectivity index (χ4n) is 2.72. The summed E-state index contributed by atoms with van der Waals surface area (Å²) in [5.74, 6) is 0.0645. The molecule has 0 aromatic carbocycles. The van der Waals surface area contributed by atoms with Crippen molar-refractivity contribution in [3.8, 4) is 0 Å². The first kappa shape index (κ1) is 12.4. The van der Waals surface area contributed by atoms with E-state index in [1.54, 1.807) is 4.90 Å². The van der Waals surface area contributed by atoms with Gasteiger partial charge < -0.3 is 15.5 Å². The monoisotopic (exact) mass is 239 g/mol. The molecule has 2 aliphatic rings. The second-order valence-corrected chi connectivity index (χ2v) is 4.90. The standard InChI is InChI=1S/C12H21N3O2/c1-2-12(5-3-7-14-12)11(17)15-8-4-6-13-10(16)9-15/h14H,2-9H2,1H3,(H,13,16). The van der Waals surface area contributed by atoms with Crippen LogP contribution in [0, 0.1) is 0 Å². The summed E-state index contributed by atoms with van der Waals surface area (Å²) < 4.78 is 0. The van der Waals surface area contributed by atoms with Crippen LogP contribution in [0.5, 0.6) is 0 Å². The van der Waals surface area contributed by atoms with Gasteiger partial charge in [-0.05, 0) is 32.2 Å². The zero-order valence-electron chi connectivity index (χ0n) is 10.4. The molecule has 2 N–H and O–H groups in total. The van der Waals surface area contributed by atoms with Crippen LogP contribution in [0.1, 0.15) is 32.6 Å². The van der Waals surface area contributed by atoms with E-state index in [0.29, 0.717) is 13.1 Å². The SMILES string of the molecule is CCC1(C(=O)N2CCCNC(=O)C2)CCCN1. The minimum atomic E-state index is -0.412. The Bertz CT molecular complexity index is 311. The fraction of sp³-hybridized carbons (Fsp3) is 0.833. The van der Waals surface area contributed by atoms with E-state index in [4.69, 9.17) is 0 Å². The van der Waals surface area contributed by atoms with Crippen LogP contribution in [-0.4, -0.2) is 48.4 Å². The van der Waals surface area contributed by atoms with Gasteiger partial charge in [0.15, 0.2) is 0 Å². The summed E-state index contributed by atoms with van der Waals surface area (Å²) in [7, 11) is 0. The van der Waals surface area contributed by atoms with Crippen LogP contribution in [0.3, 0.4) is 0 Å². The topological polar surface area (TPSA) is 61.4 Å². The van der Waals surface area contributed by atoms with E-state index in [9.17, 15) is 9.59 Å². The van der Waals surface area contributed by atoms with Crippen LogP contribution >= 0.6 is 0 Å². The van der Waals surface area contributed by atoms with Crippen LogP contribution in [-0.2, 0) is 9.59 Å². The lowest BCUT2D eigenvalue weighted by atomic mass is 9.92. The summed E-state index contributed by atoms with van der Waals surface area (Å²) in [6.07, 6.45) is 3.57. The summed E-state index contributed by atoms with van der Waals surface area (Å²) in [6.45, 7) is 4.51. The normalized spacial score (nSPS) is 29.9. The molecule has 96 valence electrons. The number of carbonyl (C=O) groups is 2. The van der Waals surface area contributed by atoms with Crippen molar-refractivity contribution >= 4 is 11.8 Å². The number of nitrogens with zero attached hydrogens (tertiary/aromatic N) is 1. The fourth-order valence-corrected chi connectivity index (χ4v) is 2.72. The average Bonchev–Trinajstić information content (AvgIpc) is 2.72. The predicted molar refractivity (Wildman–Crippen MR) is 64.5 cm³/mol. The Kier molecular flexibility index (Phi) is 3.66. The minimum absolute atomic E-state index is 0.0416. The van der Waals surface area contributed by atoms with E-state index in [0.717, 1.165) is 32.2 Å². The summed E-state index contributed by atoms with van der Waals surface area (Å²) >= 11 is 0. The molecular formula is C12H21N3O2. The molecule has 2 amide bonds. The zero-order chi connectivity index (χ0) is 12.3. The smallest absolute Gasteiger partial charge is 0.243 e. The highest BCUT2D eigenvalue weighted by atomic mass is 16.2. The van der Waals surface area contributed by atoms with E-state index in [1.165, 1.54) is 0 Å². The molecule has 2 heterocycles. The van der Waals surface area contributed by atoms with Crippen molar-refractivity contribution in [3.05, 3.63) is 0 Å². The molecule has 0 saturated carbocycles. The van der Waals surface area contributed by atoms with E-state index < -0.39 is 5.54 Å². The molecule has 0 aromatic rings. The van der Waals surface area contributed by atoms with Crippen LogP contribution in [0.25, 0.3) is 0 Å². The third kappa shape index (κ3) is 2.44. The van der Waals surface area contributed by atoms with Gasteiger partial charge in [-0.1, -0.05) is 6.92 Å². The maximum Gasteiger partial charge on any atom is 0.243 e. The average molecular weight is 239 g/mol. The Morgan fingerprint density at radius 2 is 2.24 bits per heavy atom. The van der Waals surface area contributed by atoms with Gasteiger partial charge in [-0.15, -0.1) is 0 Å². The Morgan fingerprint density at radius 1 is 1.41 bits per heavy atom. The molecule has 2 saturated heterocycles. The van der Waals surface area contributed by atoms with Gasteiger partial charge in [-0.3, -0.25) is 9.59 Å². The van der Waals surface area contributed by atoms with Crippen molar-refractivity contribution in [2.45, 2.75) is 38.1 Å². The van der Waals surface area contributed by atoms with Gasteiger partial charge in [0.2, 0.25) is 11.8 Å². The number of rotatable bonds is 2. The molecule has 2 rings (SSSR count). The lowest BCUT2D eigenvalue weighted by Gasteiger charge is -2.32. The summed E-state index contributed by atoms with van der Waals surface area (Å²) in [6, 6.07) is 0. The molecule has 17 heavy (non-hydrogen) atoms. The van der Waals surface area contributed by atoms with Crippen molar-refractivity contribution in [2.24, 2.45) is 0 Å².